The van der Waals surface area contributed by atoms with Gasteiger partial charge in [-0.15, -0.1) is 6.58 Å². The van der Waals surface area contributed by atoms with Gasteiger partial charge in [-0.3, -0.25) is 14.2 Å². The topological polar surface area (TPSA) is 74.9 Å². The van der Waals surface area contributed by atoms with Gasteiger partial charge in [-0.1, -0.05) is 51.5 Å². The van der Waals surface area contributed by atoms with Gasteiger partial charge in [0.15, 0.2) is 0 Å². The van der Waals surface area contributed by atoms with Crippen LogP contribution in [0.1, 0.15) is 4.88 Å². The number of hydrogen-bond donors (Lipinski definition) is 1. The number of para-hydroxylation sites is 1. The summed E-state index contributed by atoms with van der Waals surface area (Å²) in [6.07, 6.45) is 1.73. The molecule has 1 N–H and O–H groups in total. The number of aromatic hydroxyl groups is 1. The van der Waals surface area contributed by atoms with Crippen molar-refractivity contribution < 1.29 is 9.90 Å². The summed E-state index contributed by atoms with van der Waals surface area (Å²) in [5, 5.41) is 12.0. The first kappa shape index (κ1) is 19.4. The van der Waals surface area contributed by atoms with Gasteiger partial charge < -0.3 is 10.0 Å². The molecule has 1 aromatic heterocycles. The number of hydrogen-bond acceptors (Lipinski definition) is 5. The second-order valence-electron chi connectivity index (χ2n) is 6.39. The Balaban J connectivity index is 1.81. The molecule has 29 heavy (non-hydrogen) atoms. The zero-order valence-corrected chi connectivity index (χ0v) is 17.6. The van der Waals surface area contributed by atoms with Crippen LogP contribution < -0.4 is 20.3 Å². The van der Waals surface area contributed by atoms with Crippen molar-refractivity contribution in [1.29, 1.82) is 0 Å². The second kappa shape index (κ2) is 7.81. The molecule has 6 nitrogen and oxygen atoms in total. The fourth-order valence-electron chi connectivity index (χ4n) is 3.20. The molecule has 0 unspecified atom stereocenters. The quantitative estimate of drug-likeness (QED) is 0.562. The largest absolute Gasteiger partial charge is 0.493 e. The van der Waals surface area contributed by atoms with Crippen LogP contribution in [0.15, 0.2) is 75.4 Å². The van der Waals surface area contributed by atoms with Crippen molar-refractivity contribution >= 4 is 44.4 Å². The lowest BCUT2D eigenvalue weighted by atomic mass is 10.1. The maximum Gasteiger partial charge on any atom is 0.312 e. The van der Waals surface area contributed by atoms with Crippen LogP contribution in [0.5, 0.6) is 5.88 Å². The molecular weight excluding hydrogens is 454 g/mol. The van der Waals surface area contributed by atoms with Gasteiger partial charge in [-0.05, 0) is 30.3 Å². The van der Waals surface area contributed by atoms with Crippen molar-refractivity contribution in [2.45, 2.75) is 6.67 Å². The molecule has 0 radical (unpaired) electrons. The Bertz CT molecular complexity index is 1290. The van der Waals surface area contributed by atoms with Crippen molar-refractivity contribution in [3.63, 3.8) is 0 Å². The maximum absolute atomic E-state index is 12.7. The van der Waals surface area contributed by atoms with E-state index in [0.29, 0.717) is 17.1 Å². The number of nitrogens with zero attached hydrogens (tertiary/aromatic N) is 3. The predicted molar refractivity (Wildman–Crippen MR) is 117 cm³/mol. The minimum atomic E-state index is -0.465. The van der Waals surface area contributed by atoms with Crippen LogP contribution in [0.2, 0.25) is 0 Å². The van der Waals surface area contributed by atoms with Gasteiger partial charge in [0.05, 0.1) is 10.9 Å². The molecule has 2 aromatic carbocycles. The average Bonchev–Trinajstić information content (AvgIpc) is 3.17. The lowest BCUT2D eigenvalue weighted by Gasteiger charge is -2.23. The monoisotopic (exact) mass is 469 g/mol. The number of carbonyl (C=O) groups is 1. The minimum Gasteiger partial charge on any atom is -0.493 e. The fourth-order valence-corrected chi connectivity index (χ4v) is 4.49. The molecule has 0 fully saturated rings. The van der Waals surface area contributed by atoms with Crippen LogP contribution in [0.3, 0.4) is 0 Å². The van der Waals surface area contributed by atoms with Gasteiger partial charge in [0, 0.05) is 21.9 Å². The molecule has 0 aliphatic carbocycles. The SMILES string of the molecule is C=CCN(Cn1c(O)c(C2=c3cc(Br)ccc3=NC2=O)sc1=O)c1ccccc1. The fraction of sp³-hybridized carbons (Fsp3) is 0.0952. The number of rotatable bonds is 6. The summed E-state index contributed by atoms with van der Waals surface area (Å²) in [5.41, 5.74) is 1.13. The van der Waals surface area contributed by atoms with Gasteiger partial charge in [-0.2, -0.15) is 0 Å². The molecule has 0 saturated carbocycles. The first-order valence-corrected chi connectivity index (χ1v) is 10.4. The van der Waals surface area contributed by atoms with Crippen LogP contribution in [-0.2, 0) is 11.5 Å². The molecule has 3 aromatic rings. The standard InChI is InChI=1S/C21H16BrN3O3S/c1-2-10-24(14-6-4-3-5-7-14)12-25-20(27)18(29-21(25)28)17-15-11-13(22)8-9-16(15)23-19(17)26/h2-9,11,27H,1,10,12H2. The van der Waals surface area contributed by atoms with Crippen LogP contribution >= 0.6 is 27.3 Å². The molecule has 146 valence electrons. The second-order valence-corrected chi connectivity index (χ2v) is 8.27. The van der Waals surface area contributed by atoms with Crippen molar-refractivity contribution in [1.82, 2.24) is 4.57 Å². The highest BCUT2D eigenvalue weighted by atomic mass is 79.9. The van der Waals surface area contributed by atoms with E-state index >= 15 is 0 Å². The van der Waals surface area contributed by atoms with E-state index in [1.807, 2.05) is 35.2 Å². The van der Waals surface area contributed by atoms with Crippen molar-refractivity contribution in [3.8, 4) is 5.88 Å². The van der Waals surface area contributed by atoms with Gasteiger partial charge in [0.1, 0.15) is 11.5 Å². The number of anilines is 1. The maximum atomic E-state index is 12.7. The summed E-state index contributed by atoms with van der Waals surface area (Å²) in [6.45, 7) is 4.38. The molecule has 8 heteroatoms. The molecule has 4 rings (SSSR count). The molecular formula is C21H16BrN3O3S. The highest BCUT2D eigenvalue weighted by molar-refractivity contribution is 9.10. The smallest absolute Gasteiger partial charge is 0.312 e. The summed E-state index contributed by atoms with van der Waals surface area (Å²) in [4.78, 5) is 31.0. The van der Waals surface area contributed by atoms with Crippen molar-refractivity contribution in [3.05, 3.63) is 90.8 Å². The summed E-state index contributed by atoms with van der Waals surface area (Å²) < 4.78 is 2.04. The third-order valence-electron chi connectivity index (χ3n) is 4.54. The summed E-state index contributed by atoms with van der Waals surface area (Å²) in [7, 11) is 0. The van der Waals surface area contributed by atoms with Crippen LogP contribution in [0.4, 0.5) is 5.69 Å². The average molecular weight is 470 g/mol. The van der Waals surface area contributed by atoms with E-state index in [1.165, 1.54) is 4.57 Å². The van der Waals surface area contributed by atoms with Crippen molar-refractivity contribution in [2.75, 3.05) is 11.4 Å². The van der Waals surface area contributed by atoms with Crippen LogP contribution in [0, 0.1) is 0 Å². The van der Waals surface area contributed by atoms with Gasteiger partial charge >= 0.3 is 4.87 Å². The molecule has 0 bridgehead atoms. The van der Waals surface area contributed by atoms with Gasteiger partial charge in [-0.25, -0.2) is 4.99 Å². The number of carbonyl (C=O) groups excluding carboxylic acids is 1. The zero-order chi connectivity index (χ0) is 20.5. The number of thiazole rings is 1. The van der Waals surface area contributed by atoms with Crippen LogP contribution in [-0.4, -0.2) is 22.1 Å². The first-order valence-electron chi connectivity index (χ1n) is 8.76. The number of amides is 1. The summed E-state index contributed by atoms with van der Waals surface area (Å²) in [6, 6.07) is 14.8. The Kier molecular flexibility index (Phi) is 5.21. The molecule has 0 spiro atoms. The van der Waals surface area contributed by atoms with E-state index in [-0.39, 0.29) is 27.9 Å². The van der Waals surface area contributed by atoms with E-state index in [4.69, 9.17) is 0 Å². The van der Waals surface area contributed by atoms with E-state index < -0.39 is 5.91 Å². The van der Waals surface area contributed by atoms with Crippen molar-refractivity contribution in [2.24, 2.45) is 4.99 Å². The van der Waals surface area contributed by atoms with Crippen LogP contribution in [0.25, 0.3) is 5.57 Å². The van der Waals surface area contributed by atoms with E-state index in [9.17, 15) is 14.7 Å². The lowest BCUT2D eigenvalue weighted by Crippen LogP contribution is -2.30. The summed E-state index contributed by atoms with van der Waals surface area (Å²) in [5.74, 6) is -0.704. The zero-order valence-electron chi connectivity index (χ0n) is 15.2. The van der Waals surface area contributed by atoms with E-state index in [1.54, 1.807) is 24.3 Å². The predicted octanol–water partition coefficient (Wildman–Crippen LogP) is 2.39. The molecule has 1 amide bonds. The Morgan fingerprint density at radius 2 is 1.97 bits per heavy atom. The highest BCUT2D eigenvalue weighted by Crippen LogP contribution is 2.29. The Morgan fingerprint density at radius 1 is 1.21 bits per heavy atom. The molecule has 0 atom stereocenters. The van der Waals surface area contributed by atoms with Gasteiger partial charge in [0.2, 0.25) is 5.88 Å². The molecule has 0 saturated heterocycles. The third kappa shape index (κ3) is 3.56. The Hall–Kier alpha value is -2.97. The van der Waals surface area contributed by atoms with E-state index in [2.05, 4.69) is 27.5 Å². The van der Waals surface area contributed by atoms with E-state index in [0.717, 1.165) is 21.5 Å². The van der Waals surface area contributed by atoms with Gasteiger partial charge in [0.25, 0.3) is 5.91 Å². The lowest BCUT2D eigenvalue weighted by molar-refractivity contribution is -0.112. The number of fused-ring (bicyclic) bond motifs is 1. The minimum absolute atomic E-state index is 0.126. The Labute approximate surface area is 178 Å². The first-order chi connectivity index (χ1) is 14.0. The number of halogens is 1. The molecule has 1 aliphatic rings. The molecule has 2 heterocycles. The Morgan fingerprint density at radius 3 is 2.69 bits per heavy atom. The highest BCUT2D eigenvalue weighted by Gasteiger charge is 2.26. The number of aromatic nitrogens is 1. The normalized spacial score (nSPS) is 12.6. The third-order valence-corrected chi connectivity index (χ3v) is 6.02. The summed E-state index contributed by atoms with van der Waals surface area (Å²) >= 11 is 4.23. The molecule has 1 aliphatic heterocycles. The number of benzene rings is 2.